The van der Waals surface area contributed by atoms with Gasteiger partial charge in [-0.3, -0.25) is 4.79 Å². The van der Waals surface area contributed by atoms with Gasteiger partial charge in [-0.15, -0.1) is 0 Å². The number of ether oxygens (including phenoxy) is 1. The Balaban J connectivity index is 2.63. The lowest BCUT2D eigenvalue weighted by Gasteiger charge is -1.98. The van der Waals surface area contributed by atoms with E-state index in [1.54, 1.807) is 6.92 Å². The number of nitrogen functional groups attached to an aromatic ring is 1. The summed E-state index contributed by atoms with van der Waals surface area (Å²) in [5.41, 5.74) is 6.19. The highest BCUT2D eigenvalue weighted by atomic mass is 127. The van der Waals surface area contributed by atoms with Crippen LogP contribution in [0.4, 0.5) is 5.13 Å². The molecule has 72 valence electrons. The fourth-order valence-electron chi connectivity index (χ4n) is 0.808. The molecule has 1 heterocycles. The molecule has 0 saturated carbocycles. The van der Waals surface area contributed by atoms with Crippen molar-refractivity contribution in [2.24, 2.45) is 0 Å². The number of aromatic nitrogens is 1. The van der Waals surface area contributed by atoms with E-state index >= 15 is 0 Å². The van der Waals surface area contributed by atoms with Gasteiger partial charge in [0.1, 0.15) is 0 Å². The molecule has 1 aromatic rings. The molecule has 1 aromatic heterocycles. The summed E-state index contributed by atoms with van der Waals surface area (Å²) in [6, 6.07) is 0. The van der Waals surface area contributed by atoms with Crippen LogP contribution in [0.5, 0.6) is 0 Å². The summed E-state index contributed by atoms with van der Waals surface area (Å²) >= 11 is 3.49. The van der Waals surface area contributed by atoms with E-state index in [1.807, 2.05) is 0 Å². The molecule has 0 spiro atoms. The van der Waals surface area contributed by atoms with Crippen LogP contribution in [0.2, 0.25) is 0 Å². The van der Waals surface area contributed by atoms with Crippen LogP contribution in [0.15, 0.2) is 0 Å². The van der Waals surface area contributed by atoms with E-state index in [9.17, 15) is 4.79 Å². The fourth-order valence-corrected chi connectivity index (χ4v) is 2.37. The summed E-state index contributed by atoms with van der Waals surface area (Å²) in [7, 11) is 0. The number of thiazole rings is 1. The number of carbonyl (C=O) groups is 1. The standard InChI is InChI=1S/C7H9IN2O2S/c1-2-12-5(11)3-4-6(8)13-7(9)10-4/h2-3H2,1H3,(H2,9,10). The monoisotopic (exact) mass is 312 g/mol. The van der Waals surface area contributed by atoms with Gasteiger partial charge in [-0.05, 0) is 29.5 Å². The number of esters is 1. The number of anilines is 1. The highest BCUT2D eigenvalue weighted by Crippen LogP contribution is 2.22. The van der Waals surface area contributed by atoms with Crippen LogP contribution in [0, 0.1) is 2.88 Å². The summed E-state index contributed by atoms with van der Waals surface area (Å²) in [5.74, 6) is -0.259. The number of carbonyl (C=O) groups excluding carboxylic acids is 1. The van der Waals surface area contributed by atoms with Crippen molar-refractivity contribution in [2.45, 2.75) is 13.3 Å². The Kier molecular flexibility index (Phi) is 3.91. The molecule has 0 amide bonds. The molecule has 0 aliphatic heterocycles. The summed E-state index contributed by atoms with van der Waals surface area (Å²) in [4.78, 5) is 15.1. The minimum absolute atomic E-state index is 0.208. The van der Waals surface area contributed by atoms with Crippen LogP contribution < -0.4 is 5.73 Å². The van der Waals surface area contributed by atoms with Gasteiger partial charge in [-0.25, -0.2) is 4.98 Å². The number of rotatable bonds is 3. The third-order valence-electron chi connectivity index (χ3n) is 1.28. The van der Waals surface area contributed by atoms with Gasteiger partial charge in [0, 0.05) is 0 Å². The van der Waals surface area contributed by atoms with Crippen LogP contribution in [-0.4, -0.2) is 17.6 Å². The van der Waals surface area contributed by atoms with Crippen molar-refractivity contribution in [3.63, 3.8) is 0 Å². The molecule has 0 unspecified atom stereocenters. The first-order valence-electron chi connectivity index (χ1n) is 3.69. The average Bonchev–Trinajstić information content (AvgIpc) is 2.30. The Hall–Kier alpha value is -0.370. The molecule has 0 aromatic carbocycles. The van der Waals surface area contributed by atoms with Crippen LogP contribution >= 0.6 is 33.9 Å². The minimum atomic E-state index is -0.259. The van der Waals surface area contributed by atoms with Crippen LogP contribution in [0.1, 0.15) is 12.6 Å². The number of nitrogens with zero attached hydrogens (tertiary/aromatic N) is 1. The molecule has 13 heavy (non-hydrogen) atoms. The molecule has 0 atom stereocenters. The molecule has 0 radical (unpaired) electrons. The van der Waals surface area contributed by atoms with E-state index in [2.05, 4.69) is 27.6 Å². The lowest BCUT2D eigenvalue weighted by atomic mass is 10.3. The predicted molar refractivity (Wildman–Crippen MR) is 59.6 cm³/mol. The Bertz CT molecular complexity index is 313. The first kappa shape index (κ1) is 10.7. The summed E-state index contributed by atoms with van der Waals surface area (Å²) in [6.07, 6.45) is 0.208. The molecule has 0 aliphatic carbocycles. The van der Waals surface area contributed by atoms with E-state index in [1.165, 1.54) is 11.3 Å². The fraction of sp³-hybridized carbons (Fsp3) is 0.429. The van der Waals surface area contributed by atoms with Gasteiger partial charge in [0.2, 0.25) is 0 Å². The lowest BCUT2D eigenvalue weighted by Crippen LogP contribution is -2.08. The van der Waals surface area contributed by atoms with E-state index in [-0.39, 0.29) is 12.4 Å². The molecule has 0 bridgehead atoms. The van der Waals surface area contributed by atoms with E-state index < -0.39 is 0 Å². The number of hydrogen-bond acceptors (Lipinski definition) is 5. The second-order valence-corrected chi connectivity index (χ2v) is 5.10. The van der Waals surface area contributed by atoms with E-state index in [0.29, 0.717) is 17.4 Å². The Morgan fingerprint density at radius 3 is 2.92 bits per heavy atom. The van der Waals surface area contributed by atoms with Crippen LogP contribution in [0.25, 0.3) is 0 Å². The molecule has 4 nitrogen and oxygen atoms in total. The SMILES string of the molecule is CCOC(=O)Cc1nc(N)sc1I. The average molecular weight is 312 g/mol. The van der Waals surface area contributed by atoms with E-state index in [0.717, 1.165) is 2.88 Å². The maximum Gasteiger partial charge on any atom is 0.311 e. The van der Waals surface area contributed by atoms with Gasteiger partial charge in [0.25, 0.3) is 0 Å². The summed E-state index contributed by atoms with van der Waals surface area (Å²) < 4.78 is 5.74. The smallest absolute Gasteiger partial charge is 0.311 e. The van der Waals surface area contributed by atoms with E-state index in [4.69, 9.17) is 10.5 Å². The third kappa shape index (κ3) is 3.11. The van der Waals surface area contributed by atoms with Crippen LogP contribution in [0.3, 0.4) is 0 Å². The number of nitrogens with two attached hydrogens (primary N) is 1. The zero-order chi connectivity index (χ0) is 9.84. The van der Waals surface area contributed by atoms with Gasteiger partial charge in [0.05, 0.1) is 21.6 Å². The first-order chi connectivity index (χ1) is 6.13. The molecule has 1 rings (SSSR count). The van der Waals surface area contributed by atoms with Crippen molar-refractivity contribution in [1.29, 1.82) is 0 Å². The second kappa shape index (κ2) is 4.75. The third-order valence-corrected chi connectivity index (χ3v) is 3.28. The lowest BCUT2D eigenvalue weighted by molar-refractivity contribution is -0.142. The summed E-state index contributed by atoms with van der Waals surface area (Å²) in [5, 5.41) is 0.490. The van der Waals surface area contributed by atoms with Crippen molar-refractivity contribution in [3.05, 3.63) is 8.58 Å². The molecule has 0 fully saturated rings. The minimum Gasteiger partial charge on any atom is -0.466 e. The second-order valence-electron chi connectivity index (χ2n) is 2.25. The largest absolute Gasteiger partial charge is 0.466 e. The maximum atomic E-state index is 11.1. The van der Waals surface area contributed by atoms with Crippen molar-refractivity contribution in [1.82, 2.24) is 4.98 Å². The zero-order valence-electron chi connectivity index (χ0n) is 7.04. The van der Waals surface area contributed by atoms with Gasteiger partial charge in [-0.2, -0.15) is 0 Å². The Morgan fingerprint density at radius 2 is 2.46 bits per heavy atom. The van der Waals surface area contributed by atoms with Crippen molar-refractivity contribution < 1.29 is 9.53 Å². The maximum absolute atomic E-state index is 11.1. The molecular weight excluding hydrogens is 303 g/mol. The van der Waals surface area contributed by atoms with Gasteiger partial charge in [0.15, 0.2) is 5.13 Å². The highest BCUT2D eigenvalue weighted by molar-refractivity contribution is 14.1. The van der Waals surface area contributed by atoms with Gasteiger partial charge < -0.3 is 10.5 Å². The number of halogens is 1. The number of hydrogen-bond donors (Lipinski definition) is 1. The van der Waals surface area contributed by atoms with Crippen molar-refractivity contribution in [2.75, 3.05) is 12.3 Å². The zero-order valence-corrected chi connectivity index (χ0v) is 10.0. The highest BCUT2D eigenvalue weighted by Gasteiger charge is 2.11. The predicted octanol–water partition coefficient (Wildman–Crippen LogP) is 1.44. The Labute approximate surface area is 93.6 Å². The Morgan fingerprint density at radius 1 is 1.77 bits per heavy atom. The van der Waals surface area contributed by atoms with Gasteiger partial charge >= 0.3 is 5.97 Å². The quantitative estimate of drug-likeness (QED) is 0.677. The molecule has 0 saturated heterocycles. The molecule has 2 N–H and O–H groups in total. The van der Waals surface area contributed by atoms with Crippen molar-refractivity contribution >= 4 is 45.0 Å². The molecule has 6 heteroatoms. The summed E-state index contributed by atoms with van der Waals surface area (Å²) in [6.45, 7) is 2.17. The normalized spacial score (nSPS) is 10.0. The topological polar surface area (TPSA) is 65.2 Å². The van der Waals surface area contributed by atoms with Crippen molar-refractivity contribution in [3.8, 4) is 0 Å². The molecule has 0 aliphatic rings. The molecular formula is C7H9IN2O2S. The van der Waals surface area contributed by atoms with Crippen LogP contribution in [-0.2, 0) is 16.0 Å². The van der Waals surface area contributed by atoms with Gasteiger partial charge in [-0.1, -0.05) is 11.3 Å². The first-order valence-corrected chi connectivity index (χ1v) is 5.59.